The molecule has 7 heteroatoms. The molecule has 2 N–H and O–H groups in total. The summed E-state index contributed by atoms with van der Waals surface area (Å²) in [7, 11) is 0.339. The molecule has 1 unspecified atom stereocenters. The van der Waals surface area contributed by atoms with Crippen molar-refractivity contribution in [2.75, 3.05) is 7.05 Å². The molecule has 0 saturated carbocycles. The Bertz CT molecular complexity index is 1230. The first-order chi connectivity index (χ1) is 14.0. The summed E-state index contributed by atoms with van der Waals surface area (Å²) in [5, 5.41) is 0. The Balaban J connectivity index is 1.68. The second kappa shape index (κ2) is 8.06. The number of benzene rings is 3. The minimum atomic E-state index is -1.31. The highest BCUT2D eigenvalue weighted by Crippen LogP contribution is 2.28. The number of hydrogen-bond acceptors (Lipinski definition) is 2. The van der Waals surface area contributed by atoms with E-state index in [2.05, 4.69) is 14.7 Å². The summed E-state index contributed by atoms with van der Waals surface area (Å²) in [6.45, 7) is 0. The maximum atomic E-state index is 13.3. The Morgan fingerprint density at radius 1 is 1.00 bits per heavy atom. The number of imidazole rings is 1. The predicted octanol–water partition coefficient (Wildman–Crippen LogP) is 4.92. The van der Waals surface area contributed by atoms with Crippen molar-refractivity contribution in [2.24, 2.45) is 0 Å². The van der Waals surface area contributed by atoms with Crippen molar-refractivity contribution in [3.63, 3.8) is 0 Å². The normalized spacial score (nSPS) is 12.7. The highest BCUT2D eigenvalue weighted by molar-refractivity contribution is 7.83. The molecule has 1 heterocycles. The van der Waals surface area contributed by atoms with Crippen LogP contribution in [-0.2, 0) is 11.0 Å². The van der Waals surface area contributed by atoms with Gasteiger partial charge in [0.25, 0.3) is 0 Å². The molecule has 3 aromatic carbocycles. The molecule has 1 aromatic heterocycles. The lowest BCUT2D eigenvalue weighted by Gasteiger charge is -2.08. The molecule has 1 atom stereocenters. The smallest absolute Gasteiger partial charge is 0.131 e. The summed E-state index contributed by atoms with van der Waals surface area (Å²) >= 11 is 0. The second-order valence-electron chi connectivity index (χ2n) is 6.36. The maximum absolute atomic E-state index is 13.3. The van der Waals surface area contributed by atoms with Gasteiger partial charge in [0, 0.05) is 6.07 Å². The monoisotopic (exact) mass is 409 g/mol. The van der Waals surface area contributed by atoms with Gasteiger partial charge < -0.3 is 4.98 Å². The Morgan fingerprint density at radius 2 is 1.76 bits per heavy atom. The zero-order chi connectivity index (χ0) is 20.4. The SMILES string of the molecule is CNS(=O)c1ccccc1-c1ccc2nc(/C=C/c3cc(F)cc(F)c3)[nH]c2c1. The van der Waals surface area contributed by atoms with Crippen LogP contribution in [0.5, 0.6) is 0 Å². The molecule has 0 aliphatic heterocycles. The van der Waals surface area contributed by atoms with Gasteiger partial charge in [-0.2, -0.15) is 0 Å². The van der Waals surface area contributed by atoms with Crippen molar-refractivity contribution in [3.05, 3.63) is 83.7 Å². The molecule has 0 aliphatic rings. The van der Waals surface area contributed by atoms with Crippen molar-refractivity contribution in [3.8, 4) is 11.1 Å². The van der Waals surface area contributed by atoms with Gasteiger partial charge in [-0.25, -0.2) is 22.7 Å². The highest BCUT2D eigenvalue weighted by Gasteiger charge is 2.11. The second-order valence-corrected chi connectivity index (χ2v) is 7.74. The third-order valence-corrected chi connectivity index (χ3v) is 5.53. The first-order valence-corrected chi connectivity index (χ1v) is 10.0. The van der Waals surface area contributed by atoms with E-state index in [1.54, 1.807) is 19.2 Å². The van der Waals surface area contributed by atoms with Crippen LogP contribution in [0.4, 0.5) is 8.78 Å². The summed E-state index contributed by atoms with van der Waals surface area (Å²) in [4.78, 5) is 8.37. The van der Waals surface area contributed by atoms with Gasteiger partial charge >= 0.3 is 0 Å². The lowest BCUT2D eigenvalue weighted by atomic mass is 10.1. The number of fused-ring (bicyclic) bond motifs is 1. The average Bonchev–Trinajstić information content (AvgIpc) is 3.13. The Labute approximate surface area is 168 Å². The van der Waals surface area contributed by atoms with Crippen molar-refractivity contribution in [1.29, 1.82) is 0 Å². The fourth-order valence-corrected chi connectivity index (χ4v) is 3.91. The Morgan fingerprint density at radius 3 is 2.52 bits per heavy atom. The molecule has 4 nitrogen and oxygen atoms in total. The predicted molar refractivity (Wildman–Crippen MR) is 112 cm³/mol. The number of hydrogen-bond donors (Lipinski definition) is 2. The molecular formula is C22H17F2N3OS. The molecule has 0 radical (unpaired) electrons. The summed E-state index contributed by atoms with van der Waals surface area (Å²) in [6.07, 6.45) is 3.26. The first-order valence-electron chi connectivity index (χ1n) is 8.86. The van der Waals surface area contributed by atoms with Crippen LogP contribution in [0, 0.1) is 11.6 Å². The third kappa shape index (κ3) is 4.16. The maximum Gasteiger partial charge on any atom is 0.131 e. The van der Waals surface area contributed by atoms with E-state index in [0.29, 0.717) is 16.3 Å². The van der Waals surface area contributed by atoms with E-state index in [1.165, 1.54) is 12.1 Å². The number of H-pyrrole nitrogens is 1. The van der Waals surface area contributed by atoms with E-state index >= 15 is 0 Å². The molecule has 4 aromatic rings. The number of nitrogens with zero attached hydrogens (tertiary/aromatic N) is 1. The third-order valence-electron chi connectivity index (χ3n) is 4.40. The summed E-state index contributed by atoms with van der Waals surface area (Å²) in [6, 6.07) is 16.6. The van der Waals surface area contributed by atoms with E-state index in [1.807, 2.05) is 42.5 Å². The minimum absolute atomic E-state index is 0.409. The fourth-order valence-electron chi connectivity index (χ4n) is 3.10. The quantitative estimate of drug-likeness (QED) is 0.492. The number of aromatic nitrogens is 2. The number of aromatic amines is 1. The summed E-state index contributed by atoms with van der Waals surface area (Å²) in [5.41, 5.74) is 3.74. The van der Waals surface area contributed by atoms with Crippen molar-refractivity contribution in [2.45, 2.75) is 4.90 Å². The van der Waals surface area contributed by atoms with Crippen molar-refractivity contribution >= 4 is 34.2 Å². The standard InChI is InChI=1S/C22H17F2N3OS/c1-25-29(28)21-5-3-2-4-18(21)15-7-8-19-20(12-15)27-22(26-19)9-6-14-10-16(23)13-17(24)11-14/h2-13,25H,1H3,(H,26,27)/b9-6+. The molecule has 146 valence electrons. The van der Waals surface area contributed by atoms with E-state index < -0.39 is 22.6 Å². The molecule has 0 spiro atoms. The zero-order valence-corrected chi connectivity index (χ0v) is 16.3. The minimum Gasteiger partial charge on any atom is -0.338 e. The van der Waals surface area contributed by atoms with Gasteiger partial charge in [0.15, 0.2) is 0 Å². The summed E-state index contributed by atoms with van der Waals surface area (Å²) in [5.74, 6) is -0.693. The lowest BCUT2D eigenvalue weighted by molar-refractivity contribution is 0.583. The molecule has 0 aliphatic carbocycles. The van der Waals surface area contributed by atoms with Gasteiger partial charge in [-0.3, -0.25) is 0 Å². The summed E-state index contributed by atoms with van der Waals surface area (Å²) < 4.78 is 41.7. The van der Waals surface area contributed by atoms with E-state index in [4.69, 9.17) is 0 Å². The lowest BCUT2D eigenvalue weighted by Crippen LogP contribution is -2.11. The topological polar surface area (TPSA) is 57.8 Å². The number of nitrogens with one attached hydrogen (secondary N) is 2. The van der Waals surface area contributed by atoms with Crippen LogP contribution in [-0.4, -0.2) is 21.2 Å². The molecular weight excluding hydrogens is 392 g/mol. The van der Waals surface area contributed by atoms with Crippen molar-refractivity contribution in [1.82, 2.24) is 14.7 Å². The van der Waals surface area contributed by atoms with Crippen LogP contribution in [0.3, 0.4) is 0 Å². The fraction of sp³-hybridized carbons (Fsp3) is 0.0455. The van der Waals surface area contributed by atoms with Crippen LogP contribution < -0.4 is 4.72 Å². The van der Waals surface area contributed by atoms with E-state index in [-0.39, 0.29) is 0 Å². The average molecular weight is 409 g/mol. The largest absolute Gasteiger partial charge is 0.338 e. The van der Waals surface area contributed by atoms with Gasteiger partial charge in [0.05, 0.1) is 15.9 Å². The Kier molecular flexibility index (Phi) is 5.33. The highest BCUT2D eigenvalue weighted by atomic mass is 32.2. The van der Waals surface area contributed by atoms with Gasteiger partial charge in [-0.1, -0.05) is 30.3 Å². The van der Waals surface area contributed by atoms with Crippen LogP contribution in [0.25, 0.3) is 34.3 Å². The van der Waals surface area contributed by atoms with E-state index in [9.17, 15) is 13.0 Å². The Hall–Kier alpha value is -3.16. The van der Waals surface area contributed by atoms with Crippen molar-refractivity contribution < 1.29 is 13.0 Å². The zero-order valence-electron chi connectivity index (χ0n) is 15.4. The van der Waals surface area contributed by atoms with Crippen LogP contribution >= 0.6 is 0 Å². The van der Waals surface area contributed by atoms with Gasteiger partial charge in [0.2, 0.25) is 0 Å². The van der Waals surface area contributed by atoms with Gasteiger partial charge in [-0.05, 0) is 60.1 Å². The molecule has 0 saturated heterocycles. The van der Waals surface area contributed by atoms with Gasteiger partial charge in [0.1, 0.15) is 28.4 Å². The molecule has 0 fully saturated rings. The van der Waals surface area contributed by atoms with Crippen LogP contribution in [0.15, 0.2) is 65.6 Å². The molecule has 29 heavy (non-hydrogen) atoms. The molecule has 0 amide bonds. The first kappa shape index (κ1) is 19.2. The van der Waals surface area contributed by atoms with Crippen LogP contribution in [0.2, 0.25) is 0 Å². The van der Waals surface area contributed by atoms with Gasteiger partial charge in [-0.15, -0.1) is 0 Å². The number of rotatable bonds is 5. The van der Waals surface area contributed by atoms with Crippen LogP contribution in [0.1, 0.15) is 11.4 Å². The van der Waals surface area contributed by atoms with E-state index in [0.717, 1.165) is 28.2 Å². The molecule has 4 rings (SSSR count). The number of halogens is 2. The molecule has 0 bridgehead atoms.